The summed E-state index contributed by atoms with van der Waals surface area (Å²) in [6.07, 6.45) is 5.92. The number of rotatable bonds is 5. The number of nitrogens with zero attached hydrogens (tertiary/aromatic N) is 3. The standard InChI is InChI=1S/C12H17BrN4O/c1-8(3-9(2)18)14-4-10-5-16-12-6-15-11(13)7-17(10)12/h5-9,14,18H,3-4H2,1-2H3. The van der Waals surface area contributed by atoms with Gasteiger partial charge in [-0.25, -0.2) is 9.97 Å². The molecule has 0 aromatic carbocycles. The first kappa shape index (κ1) is 13.5. The molecular formula is C12H17BrN4O. The average molecular weight is 313 g/mol. The van der Waals surface area contributed by atoms with E-state index in [4.69, 9.17) is 0 Å². The monoisotopic (exact) mass is 312 g/mol. The van der Waals surface area contributed by atoms with Crippen LogP contribution in [0.2, 0.25) is 0 Å². The Labute approximate surface area is 114 Å². The molecule has 2 unspecified atom stereocenters. The molecule has 0 aliphatic rings. The molecule has 0 aliphatic heterocycles. The smallest absolute Gasteiger partial charge is 0.155 e. The van der Waals surface area contributed by atoms with E-state index in [0.29, 0.717) is 6.54 Å². The van der Waals surface area contributed by atoms with Crippen molar-refractivity contribution in [2.24, 2.45) is 0 Å². The second kappa shape index (κ2) is 5.77. The predicted octanol–water partition coefficient (Wildman–Crippen LogP) is 1.74. The molecule has 0 fully saturated rings. The van der Waals surface area contributed by atoms with Crippen molar-refractivity contribution >= 4 is 21.6 Å². The Morgan fingerprint density at radius 1 is 1.39 bits per heavy atom. The van der Waals surface area contributed by atoms with E-state index in [1.54, 1.807) is 13.1 Å². The Morgan fingerprint density at radius 2 is 2.17 bits per heavy atom. The predicted molar refractivity (Wildman–Crippen MR) is 73.3 cm³/mol. The summed E-state index contributed by atoms with van der Waals surface area (Å²) in [6.45, 7) is 4.58. The number of hydrogen-bond acceptors (Lipinski definition) is 4. The molecule has 0 amide bonds. The van der Waals surface area contributed by atoms with Gasteiger partial charge in [0.25, 0.3) is 0 Å². The number of hydrogen-bond donors (Lipinski definition) is 2. The zero-order chi connectivity index (χ0) is 13.1. The zero-order valence-electron chi connectivity index (χ0n) is 10.5. The SMILES string of the molecule is CC(O)CC(C)NCc1cnc2cnc(Br)cn12. The minimum atomic E-state index is -0.284. The molecular weight excluding hydrogens is 296 g/mol. The molecule has 18 heavy (non-hydrogen) atoms. The van der Waals surface area contributed by atoms with E-state index in [-0.39, 0.29) is 12.1 Å². The van der Waals surface area contributed by atoms with Crippen molar-refractivity contribution in [2.45, 2.75) is 39.0 Å². The van der Waals surface area contributed by atoms with Crippen LogP contribution in [0.3, 0.4) is 0 Å². The van der Waals surface area contributed by atoms with Gasteiger partial charge in [0.15, 0.2) is 5.65 Å². The van der Waals surface area contributed by atoms with E-state index in [9.17, 15) is 5.11 Å². The second-order valence-electron chi connectivity index (χ2n) is 4.55. The van der Waals surface area contributed by atoms with Crippen molar-refractivity contribution in [2.75, 3.05) is 0 Å². The van der Waals surface area contributed by atoms with Gasteiger partial charge in [0.2, 0.25) is 0 Å². The van der Waals surface area contributed by atoms with Crippen LogP contribution < -0.4 is 5.32 Å². The quantitative estimate of drug-likeness (QED) is 0.883. The lowest BCUT2D eigenvalue weighted by Gasteiger charge is -2.15. The number of fused-ring (bicyclic) bond motifs is 1. The van der Waals surface area contributed by atoms with Crippen LogP contribution in [-0.2, 0) is 6.54 Å². The molecule has 0 bridgehead atoms. The van der Waals surface area contributed by atoms with Crippen LogP contribution in [0.15, 0.2) is 23.2 Å². The highest BCUT2D eigenvalue weighted by atomic mass is 79.9. The number of aliphatic hydroxyl groups is 1. The van der Waals surface area contributed by atoms with E-state index < -0.39 is 0 Å². The van der Waals surface area contributed by atoms with Gasteiger partial charge >= 0.3 is 0 Å². The van der Waals surface area contributed by atoms with E-state index in [2.05, 4.69) is 38.1 Å². The first-order chi connectivity index (χ1) is 8.56. The minimum absolute atomic E-state index is 0.265. The first-order valence-electron chi connectivity index (χ1n) is 5.95. The van der Waals surface area contributed by atoms with Crippen molar-refractivity contribution in [1.29, 1.82) is 0 Å². The lowest BCUT2D eigenvalue weighted by molar-refractivity contribution is 0.170. The molecule has 2 atom stereocenters. The minimum Gasteiger partial charge on any atom is -0.393 e. The van der Waals surface area contributed by atoms with Crippen LogP contribution >= 0.6 is 15.9 Å². The molecule has 0 aliphatic carbocycles. The maximum atomic E-state index is 9.32. The second-order valence-corrected chi connectivity index (χ2v) is 5.37. The maximum Gasteiger partial charge on any atom is 0.155 e. The van der Waals surface area contributed by atoms with Crippen LogP contribution in [0.5, 0.6) is 0 Å². The van der Waals surface area contributed by atoms with E-state index in [1.165, 1.54) is 0 Å². The summed E-state index contributed by atoms with van der Waals surface area (Å²) in [4.78, 5) is 8.42. The van der Waals surface area contributed by atoms with Crippen LogP contribution in [-0.4, -0.2) is 31.6 Å². The number of imidazole rings is 1. The summed E-state index contributed by atoms with van der Waals surface area (Å²) in [5.74, 6) is 0. The van der Waals surface area contributed by atoms with Gasteiger partial charge in [0.05, 0.1) is 24.2 Å². The van der Waals surface area contributed by atoms with E-state index in [0.717, 1.165) is 22.4 Å². The Morgan fingerprint density at radius 3 is 2.89 bits per heavy atom. The number of aromatic nitrogens is 3. The molecule has 0 saturated heterocycles. The Kier molecular flexibility index (Phi) is 4.31. The van der Waals surface area contributed by atoms with Gasteiger partial charge < -0.3 is 10.4 Å². The fourth-order valence-electron chi connectivity index (χ4n) is 1.92. The lowest BCUT2D eigenvalue weighted by Crippen LogP contribution is -2.29. The topological polar surface area (TPSA) is 62.5 Å². The molecule has 2 aromatic rings. The normalized spacial score (nSPS) is 14.9. The van der Waals surface area contributed by atoms with Gasteiger partial charge in [-0.05, 0) is 36.2 Å². The fraction of sp³-hybridized carbons (Fsp3) is 0.500. The number of nitrogens with one attached hydrogen (secondary N) is 1. The maximum absolute atomic E-state index is 9.32. The van der Waals surface area contributed by atoms with Gasteiger partial charge in [-0.1, -0.05) is 0 Å². The number of halogens is 1. The average Bonchev–Trinajstić information content (AvgIpc) is 2.68. The summed E-state index contributed by atoms with van der Waals surface area (Å²) in [6, 6.07) is 0.265. The Balaban J connectivity index is 2.05. The largest absolute Gasteiger partial charge is 0.393 e. The number of aliphatic hydroxyl groups excluding tert-OH is 1. The van der Waals surface area contributed by atoms with Gasteiger partial charge in [0.1, 0.15) is 4.60 Å². The van der Waals surface area contributed by atoms with E-state index >= 15 is 0 Å². The molecule has 0 saturated carbocycles. The molecule has 6 heteroatoms. The van der Waals surface area contributed by atoms with Crippen LogP contribution in [0, 0.1) is 0 Å². The van der Waals surface area contributed by atoms with Crippen LogP contribution in [0.25, 0.3) is 5.65 Å². The van der Waals surface area contributed by atoms with Gasteiger partial charge in [0, 0.05) is 18.8 Å². The molecule has 0 radical (unpaired) electrons. The molecule has 5 nitrogen and oxygen atoms in total. The summed E-state index contributed by atoms with van der Waals surface area (Å²) in [7, 11) is 0. The zero-order valence-corrected chi connectivity index (χ0v) is 12.1. The lowest BCUT2D eigenvalue weighted by atomic mass is 10.1. The van der Waals surface area contributed by atoms with Gasteiger partial charge in [-0.3, -0.25) is 4.40 Å². The third-order valence-electron chi connectivity index (χ3n) is 2.77. The molecule has 2 heterocycles. The Bertz CT molecular complexity index is 526. The molecule has 0 spiro atoms. The van der Waals surface area contributed by atoms with Crippen molar-refractivity contribution in [1.82, 2.24) is 19.7 Å². The van der Waals surface area contributed by atoms with Crippen molar-refractivity contribution in [3.05, 3.63) is 28.9 Å². The highest BCUT2D eigenvalue weighted by Crippen LogP contribution is 2.11. The summed E-state index contributed by atoms with van der Waals surface area (Å²) in [5, 5.41) is 12.7. The van der Waals surface area contributed by atoms with Crippen molar-refractivity contribution < 1.29 is 5.11 Å². The third-order valence-corrected chi connectivity index (χ3v) is 3.18. The molecule has 98 valence electrons. The molecule has 2 aromatic heterocycles. The van der Waals surface area contributed by atoms with Crippen molar-refractivity contribution in [3.63, 3.8) is 0 Å². The fourth-order valence-corrected chi connectivity index (χ4v) is 2.23. The first-order valence-corrected chi connectivity index (χ1v) is 6.74. The third kappa shape index (κ3) is 3.28. The van der Waals surface area contributed by atoms with Gasteiger partial charge in [-0.2, -0.15) is 0 Å². The highest BCUT2D eigenvalue weighted by Gasteiger charge is 2.08. The van der Waals surface area contributed by atoms with E-state index in [1.807, 2.05) is 16.8 Å². The highest BCUT2D eigenvalue weighted by molar-refractivity contribution is 9.10. The summed E-state index contributed by atoms with van der Waals surface area (Å²) in [5.41, 5.74) is 1.91. The summed E-state index contributed by atoms with van der Waals surface area (Å²) < 4.78 is 2.78. The molecule has 2 N–H and O–H groups in total. The van der Waals surface area contributed by atoms with Crippen LogP contribution in [0.1, 0.15) is 26.0 Å². The Hall–Kier alpha value is -0.980. The molecule has 2 rings (SSSR count). The van der Waals surface area contributed by atoms with Gasteiger partial charge in [-0.15, -0.1) is 0 Å². The van der Waals surface area contributed by atoms with Crippen LogP contribution in [0.4, 0.5) is 0 Å². The summed E-state index contributed by atoms with van der Waals surface area (Å²) >= 11 is 3.35. The van der Waals surface area contributed by atoms with Crippen molar-refractivity contribution in [3.8, 4) is 0 Å².